The molecule has 2 rings (SSSR count). The summed E-state index contributed by atoms with van der Waals surface area (Å²) in [5.41, 5.74) is 1.22. The molecule has 0 saturated carbocycles. The molecule has 1 aromatic heterocycles. The Morgan fingerprint density at radius 3 is 2.71 bits per heavy atom. The first-order valence-corrected chi connectivity index (χ1v) is 5.95. The van der Waals surface area contributed by atoms with Crippen molar-refractivity contribution in [3.8, 4) is 5.75 Å². The van der Waals surface area contributed by atoms with Gasteiger partial charge in [0.05, 0.1) is 0 Å². The SMILES string of the molecule is CCn1c(COc2ccc(C)cc2)n[nH]c1=S. The molecular formula is C12H15N3OS. The van der Waals surface area contributed by atoms with Gasteiger partial charge in [-0.3, -0.25) is 5.10 Å². The number of aromatic amines is 1. The maximum Gasteiger partial charge on any atom is 0.195 e. The van der Waals surface area contributed by atoms with Crippen LogP contribution in [-0.4, -0.2) is 14.8 Å². The van der Waals surface area contributed by atoms with Gasteiger partial charge in [-0.25, -0.2) is 0 Å². The van der Waals surface area contributed by atoms with E-state index in [1.54, 1.807) is 0 Å². The van der Waals surface area contributed by atoms with Crippen LogP contribution in [0.1, 0.15) is 18.3 Å². The molecule has 17 heavy (non-hydrogen) atoms. The summed E-state index contributed by atoms with van der Waals surface area (Å²) in [6, 6.07) is 7.94. The number of hydrogen-bond acceptors (Lipinski definition) is 3. The van der Waals surface area contributed by atoms with Gasteiger partial charge in [-0.2, -0.15) is 5.10 Å². The molecule has 0 spiro atoms. The third-order valence-corrected chi connectivity index (χ3v) is 2.85. The fraction of sp³-hybridized carbons (Fsp3) is 0.333. The number of H-pyrrole nitrogens is 1. The predicted molar refractivity (Wildman–Crippen MR) is 68.6 cm³/mol. The van der Waals surface area contributed by atoms with E-state index in [2.05, 4.69) is 10.2 Å². The zero-order chi connectivity index (χ0) is 12.3. The number of nitrogens with zero attached hydrogens (tertiary/aromatic N) is 2. The number of benzene rings is 1. The number of aromatic nitrogens is 3. The minimum absolute atomic E-state index is 0.421. The summed E-state index contributed by atoms with van der Waals surface area (Å²) in [7, 11) is 0. The highest BCUT2D eigenvalue weighted by Gasteiger charge is 2.04. The number of aryl methyl sites for hydroxylation is 1. The summed E-state index contributed by atoms with van der Waals surface area (Å²) >= 11 is 5.11. The minimum atomic E-state index is 0.421. The monoisotopic (exact) mass is 249 g/mol. The van der Waals surface area contributed by atoms with Gasteiger partial charge in [0.15, 0.2) is 10.6 Å². The molecule has 1 heterocycles. The van der Waals surface area contributed by atoms with Crippen LogP contribution in [0.5, 0.6) is 5.75 Å². The fourth-order valence-electron chi connectivity index (χ4n) is 1.57. The van der Waals surface area contributed by atoms with Gasteiger partial charge < -0.3 is 9.30 Å². The quantitative estimate of drug-likeness (QED) is 0.847. The molecule has 1 aromatic carbocycles. The lowest BCUT2D eigenvalue weighted by Gasteiger charge is -2.06. The van der Waals surface area contributed by atoms with Crippen molar-refractivity contribution in [1.82, 2.24) is 14.8 Å². The smallest absolute Gasteiger partial charge is 0.195 e. The second kappa shape index (κ2) is 5.14. The molecule has 1 N–H and O–H groups in total. The van der Waals surface area contributed by atoms with Crippen LogP contribution < -0.4 is 4.74 Å². The van der Waals surface area contributed by atoms with Crippen molar-refractivity contribution in [3.63, 3.8) is 0 Å². The van der Waals surface area contributed by atoms with Crippen LogP contribution in [0.4, 0.5) is 0 Å². The Labute approximate surface area is 105 Å². The highest BCUT2D eigenvalue weighted by atomic mass is 32.1. The Hall–Kier alpha value is -1.62. The van der Waals surface area contributed by atoms with E-state index in [1.807, 2.05) is 42.7 Å². The molecule has 0 radical (unpaired) electrons. The second-order valence-electron chi connectivity index (χ2n) is 3.79. The lowest BCUT2D eigenvalue weighted by atomic mass is 10.2. The standard InChI is InChI=1S/C12H15N3OS/c1-3-15-11(13-14-12(15)17)8-16-10-6-4-9(2)5-7-10/h4-7H,3,8H2,1-2H3,(H,14,17). The van der Waals surface area contributed by atoms with Crippen molar-refractivity contribution in [2.75, 3.05) is 0 Å². The first-order valence-electron chi connectivity index (χ1n) is 5.54. The number of ether oxygens (including phenoxy) is 1. The predicted octanol–water partition coefficient (Wildman–Crippen LogP) is 2.85. The van der Waals surface area contributed by atoms with E-state index in [0.29, 0.717) is 11.4 Å². The largest absolute Gasteiger partial charge is 0.486 e. The number of hydrogen-bond donors (Lipinski definition) is 1. The van der Waals surface area contributed by atoms with E-state index in [-0.39, 0.29) is 0 Å². The maximum atomic E-state index is 5.65. The lowest BCUT2D eigenvalue weighted by Crippen LogP contribution is -2.06. The van der Waals surface area contributed by atoms with Gasteiger partial charge in [-0.15, -0.1) is 0 Å². The average Bonchev–Trinajstić information content (AvgIpc) is 2.69. The van der Waals surface area contributed by atoms with Crippen LogP contribution in [0.3, 0.4) is 0 Å². The lowest BCUT2D eigenvalue weighted by molar-refractivity contribution is 0.289. The topological polar surface area (TPSA) is 42.8 Å². The first-order chi connectivity index (χ1) is 8.20. The second-order valence-corrected chi connectivity index (χ2v) is 4.18. The Balaban J connectivity index is 2.07. The van der Waals surface area contributed by atoms with Crippen molar-refractivity contribution in [2.45, 2.75) is 27.0 Å². The maximum absolute atomic E-state index is 5.65. The van der Waals surface area contributed by atoms with Gasteiger partial charge in [0, 0.05) is 6.54 Å². The summed E-state index contributed by atoms with van der Waals surface area (Å²) in [6.07, 6.45) is 0. The average molecular weight is 249 g/mol. The molecule has 0 aliphatic carbocycles. The van der Waals surface area contributed by atoms with Crippen molar-refractivity contribution in [2.24, 2.45) is 0 Å². The van der Waals surface area contributed by atoms with Gasteiger partial charge in [0.1, 0.15) is 12.4 Å². The van der Waals surface area contributed by atoms with Crippen molar-refractivity contribution >= 4 is 12.2 Å². The summed E-state index contributed by atoms with van der Waals surface area (Å²) in [6.45, 7) is 5.29. The van der Waals surface area contributed by atoms with E-state index >= 15 is 0 Å². The third-order valence-electron chi connectivity index (χ3n) is 2.54. The van der Waals surface area contributed by atoms with Crippen molar-refractivity contribution in [3.05, 3.63) is 40.4 Å². The minimum Gasteiger partial charge on any atom is -0.486 e. The Bertz CT molecular complexity index is 542. The molecule has 0 saturated heterocycles. The van der Waals surface area contributed by atoms with E-state index < -0.39 is 0 Å². The molecule has 90 valence electrons. The molecule has 0 amide bonds. The molecule has 0 fully saturated rings. The Morgan fingerprint density at radius 2 is 2.06 bits per heavy atom. The number of rotatable bonds is 4. The van der Waals surface area contributed by atoms with Crippen LogP contribution >= 0.6 is 12.2 Å². The van der Waals surface area contributed by atoms with Crippen molar-refractivity contribution < 1.29 is 4.74 Å². The molecule has 0 unspecified atom stereocenters. The van der Waals surface area contributed by atoms with Crippen LogP contribution in [0, 0.1) is 11.7 Å². The summed E-state index contributed by atoms with van der Waals surface area (Å²) in [5, 5.41) is 6.91. The van der Waals surface area contributed by atoms with Gasteiger partial charge in [-0.1, -0.05) is 17.7 Å². The molecule has 0 bridgehead atoms. The van der Waals surface area contributed by atoms with Crippen LogP contribution in [0.15, 0.2) is 24.3 Å². The first kappa shape index (κ1) is 11.9. The zero-order valence-corrected chi connectivity index (χ0v) is 10.8. The molecule has 0 aliphatic rings. The van der Waals surface area contributed by atoms with E-state index in [9.17, 15) is 0 Å². The van der Waals surface area contributed by atoms with E-state index in [1.165, 1.54) is 5.56 Å². The van der Waals surface area contributed by atoms with Gasteiger partial charge in [-0.05, 0) is 38.2 Å². The van der Waals surface area contributed by atoms with Crippen LogP contribution in [-0.2, 0) is 13.2 Å². The summed E-state index contributed by atoms with van der Waals surface area (Å²) in [5.74, 6) is 1.66. The Kier molecular flexibility index (Phi) is 3.58. The van der Waals surface area contributed by atoms with Crippen molar-refractivity contribution in [1.29, 1.82) is 0 Å². The normalized spacial score (nSPS) is 10.5. The van der Waals surface area contributed by atoms with Gasteiger partial charge >= 0.3 is 0 Å². The fourth-order valence-corrected chi connectivity index (χ4v) is 1.85. The molecule has 0 aliphatic heterocycles. The molecule has 4 nitrogen and oxygen atoms in total. The summed E-state index contributed by atoms with van der Waals surface area (Å²) in [4.78, 5) is 0. The van der Waals surface area contributed by atoms with Gasteiger partial charge in [0.2, 0.25) is 0 Å². The highest BCUT2D eigenvalue weighted by molar-refractivity contribution is 7.71. The van der Waals surface area contributed by atoms with Crippen LogP contribution in [0.2, 0.25) is 0 Å². The third kappa shape index (κ3) is 2.74. The number of nitrogens with one attached hydrogen (secondary N) is 1. The zero-order valence-electron chi connectivity index (χ0n) is 9.93. The highest BCUT2D eigenvalue weighted by Crippen LogP contribution is 2.13. The van der Waals surface area contributed by atoms with E-state index in [4.69, 9.17) is 17.0 Å². The molecular weight excluding hydrogens is 234 g/mol. The van der Waals surface area contributed by atoms with Gasteiger partial charge in [0.25, 0.3) is 0 Å². The van der Waals surface area contributed by atoms with Crippen LogP contribution in [0.25, 0.3) is 0 Å². The Morgan fingerprint density at radius 1 is 1.35 bits per heavy atom. The molecule has 0 atom stereocenters. The molecule has 5 heteroatoms. The molecule has 2 aromatic rings. The van der Waals surface area contributed by atoms with E-state index in [0.717, 1.165) is 18.1 Å². The summed E-state index contributed by atoms with van der Waals surface area (Å²) < 4.78 is 8.21.